The van der Waals surface area contributed by atoms with Gasteiger partial charge < -0.3 is 10.6 Å². The van der Waals surface area contributed by atoms with Crippen LogP contribution in [0.5, 0.6) is 0 Å². The highest BCUT2D eigenvalue weighted by molar-refractivity contribution is 5.99. The first-order valence-electron chi connectivity index (χ1n) is 5.53. The van der Waals surface area contributed by atoms with Gasteiger partial charge in [-0.15, -0.1) is 0 Å². The summed E-state index contributed by atoms with van der Waals surface area (Å²) in [4.78, 5) is 22.5. The Morgan fingerprint density at radius 1 is 1.12 bits per heavy atom. The van der Waals surface area contributed by atoms with Crippen LogP contribution in [0, 0.1) is 5.92 Å². The van der Waals surface area contributed by atoms with E-state index in [9.17, 15) is 9.59 Å². The lowest BCUT2D eigenvalue weighted by molar-refractivity contribution is -0.117. The molecule has 0 heterocycles. The number of nitrogens with one attached hydrogen (secondary N) is 2. The van der Waals surface area contributed by atoms with Gasteiger partial charge in [0.15, 0.2) is 0 Å². The number of anilines is 2. The SMILES string of the molecule is C=CC(=O)Nc1ccc(NC(=O)C2CC2)cc1. The average molecular weight is 230 g/mol. The number of benzene rings is 1. The van der Waals surface area contributed by atoms with E-state index in [1.54, 1.807) is 24.3 Å². The summed E-state index contributed by atoms with van der Waals surface area (Å²) in [5, 5.41) is 5.46. The molecule has 1 aliphatic carbocycles. The molecule has 0 aliphatic heterocycles. The molecule has 2 amide bonds. The smallest absolute Gasteiger partial charge is 0.247 e. The van der Waals surface area contributed by atoms with E-state index in [-0.39, 0.29) is 17.7 Å². The van der Waals surface area contributed by atoms with Crippen molar-refractivity contribution < 1.29 is 9.59 Å². The number of carbonyl (C=O) groups is 2. The van der Waals surface area contributed by atoms with Gasteiger partial charge in [-0.3, -0.25) is 9.59 Å². The van der Waals surface area contributed by atoms with Gasteiger partial charge in [0.1, 0.15) is 0 Å². The zero-order valence-electron chi connectivity index (χ0n) is 9.40. The molecule has 0 radical (unpaired) electrons. The van der Waals surface area contributed by atoms with Crippen molar-refractivity contribution >= 4 is 23.2 Å². The molecular weight excluding hydrogens is 216 g/mol. The fourth-order valence-corrected chi connectivity index (χ4v) is 1.42. The van der Waals surface area contributed by atoms with Crippen LogP contribution in [0.1, 0.15) is 12.8 Å². The first-order chi connectivity index (χ1) is 8.19. The first-order valence-corrected chi connectivity index (χ1v) is 5.53. The van der Waals surface area contributed by atoms with Crippen molar-refractivity contribution in [3.05, 3.63) is 36.9 Å². The average Bonchev–Trinajstić information content (AvgIpc) is 3.15. The maximum absolute atomic E-state index is 11.5. The Kier molecular flexibility index (Phi) is 3.23. The van der Waals surface area contributed by atoms with E-state index in [1.165, 1.54) is 6.08 Å². The molecule has 0 unspecified atom stereocenters. The van der Waals surface area contributed by atoms with Crippen LogP contribution in [0.25, 0.3) is 0 Å². The van der Waals surface area contributed by atoms with Crippen LogP contribution in [0.3, 0.4) is 0 Å². The molecule has 4 heteroatoms. The standard InChI is InChI=1S/C13H14N2O2/c1-2-12(16)14-10-5-7-11(8-6-10)15-13(17)9-3-4-9/h2,5-9H,1,3-4H2,(H,14,16)(H,15,17). The lowest BCUT2D eigenvalue weighted by Crippen LogP contribution is -2.13. The van der Waals surface area contributed by atoms with E-state index in [1.807, 2.05) is 0 Å². The maximum Gasteiger partial charge on any atom is 0.247 e. The Bertz CT molecular complexity index is 447. The second-order valence-electron chi connectivity index (χ2n) is 4.03. The van der Waals surface area contributed by atoms with E-state index < -0.39 is 0 Å². The number of amides is 2. The predicted molar refractivity (Wildman–Crippen MR) is 66.6 cm³/mol. The third-order valence-corrected chi connectivity index (χ3v) is 2.55. The van der Waals surface area contributed by atoms with Crippen molar-refractivity contribution in [1.29, 1.82) is 0 Å². The van der Waals surface area contributed by atoms with Crippen LogP contribution >= 0.6 is 0 Å². The molecule has 88 valence electrons. The largest absolute Gasteiger partial charge is 0.326 e. The molecule has 2 rings (SSSR count). The molecule has 1 aliphatic rings. The molecular formula is C13H14N2O2. The van der Waals surface area contributed by atoms with Crippen LogP contribution in [-0.4, -0.2) is 11.8 Å². The highest BCUT2D eigenvalue weighted by Gasteiger charge is 2.29. The van der Waals surface area contributed by atoms with E-state index in [4.69, 9.17) is 0 Å². The lowest BCUT2D eigenvalue weighted by Gasteiger charge is -2.06. The van der Waals surface area contributed by atoms with Crippen LogP contribution in [0.4, 0.5) is 11.4 Å². The molecule has 0 atom stereocenters. The number of carbonyl (C=O) groups excluding carboxylic acids is 2. The van der Waals surface area contributed by atoms with Crippen molar-refractivity contribution in [3.63, 3.8) is 0 Å². The Morgan fingerprint density at radius 3 is 2.12 bits per heavy atom. The van der Waals surface area contributed by atoms with Gasteiger partial charge in [0.05, 0.1) is 0 Å². The van der Waals surface area contributed by atoms with Crippen molar-refractivity contribution in [1.82, 2.24) is 0 Å². The molecule has 0 bridgehead atoms. The number of rotatable bonds is 4. The van der Waals surface area contributed by atoms with Crippen LogP contribution in [0.2, 0.25) is 0 Å². The van der Waals surface area contributed by atoms with Gasteiger partial charge in [0.2, 0.25) is 11.8 Å². The van der Waals surface area contributed by atoms with Gasteiger partial charge in [-0.1, -0.05) is 6.58 Å². The van der Waals surface area contributed by atoms with Crippen LogP contribution in [-0.2, 0) is 9.59 Å². The molecule has 4 nitrogen and oxygen atoms in total. The van der Waals surface area contributed by atoms with Crippen molar-refractivity contribution in [2.75, 3.05) is 10.6 Å². The minimum atomic E-state index is -0.250. The van der Waals surface area contributed by atoms with Gasteiger partial charge in [-0.25, -0.2) is 0 Å². The third-order valence-electron chi connectivity index (χ3n) is 2.55. The maximum atomic E-state index is 11.5. The highest BCUT2D eigenvalue weighted by atomic mass is 16.2. The molecule has 2 N–H and O–H groups in total. The summed E-state index contributed by atoms with van der Waals surface area (Å²) in [7, 11) is 0. The summed E-state index contributed by atoms with van der Waals surface area (Å²) in [6, 6.07) is 7.01. The Balaban J connectivity index is 1.94. The quantitative estimate of drug-likeness (QED) is 0.779. The summed E-state index contributed by atoms with van der Waals surface area (Å²) in [5.41, 5.74) is 1.43. The third kappa shape index (κ3) is 3.17. The minimum Gasteiger partial charge on any atom is -0.326 e. The van der Waals surface area contributed by atoms with Gasteiger partial charge in [-0.2, -0.15) is 0 Å². The highest BCUT2D eigenvalue weighted by Crippen LogP contribution is 2.30. The second kappa shape index (κ2) is 4.82. The minimum absolute atomic E-state index is 0.0767. The summed E-state index contributed by atoms with van der Waals surface area (Å²) in [6.07, 6.45) is 3.18. The predicted octanol–water partition coefficient (Wildman–Crippen LogP) is 2.16. The summed E-state index contributed by atoms with van der Waals surface area (Å²) in [5.74, 6) is 0.0165. The van der Waals surface area contributed by atoms with Crippen molar-refractivity contribution in [3.8, 4) is 0 Å². The summed E-state index contributed by atoms with van der Waals surface area (Å²) in [6.45, 7) is 3.37. The Morgan fingerprint density at radius 2 is 1.65 bits per heavy atom. The van der Waals surface area contributed by atoms with Gasteiger partial charge >= 0.3 is 0 Å². The van der Waals surface area contributed by atoms with Crippen LogP contribution in [0.15, 0.2) is 36.9 Å². The Labute approximate surface area is 99.7 Å². The molecule has 1 aromatic carbocycles. The molecule has 1 fully saturated rings. The molecule has 1 aromatic rings. The molecule has 17 heavy (non-hydrogen) atoms. The fourth-order valence-electron chi connectivity index (χ4n) is 1.42. The van der Waals surface area contributed by atoms with Crippen molar-refractivity contribution in [2.45, 2.75) is 12.8 Å². The van der Waals surface area contributed by atoms with Gasteiger partial charge in [0, 0.05) is 17.3 Å². The van der Waals surface area contributed by atoms with E-state index >= 15 is 0 Å². The topological polar surface area (TPSA) is 58.2 Å². The summed E-state index contributed by atoms with van der Waals surface area (Å²) < 4.78 is 0. The number of hydrogen-bond acceptors (Lipinski definition) is 2. The lowest BCUT2D eigenvalue weighted by atomic mass is 10.2. The normalized spacial score (nSPS) is 13.9. The molecule has 0 aromatic heterocycles. The molecule has 1 saturated carbocycles. The zero-order valence-corrected chi connectivity index (χ0v) is 9.40. The van der Waals surface area contributed by atoms with E-state index in [2.05, 4.69) is 17.2 Å². The summed E-state index contributed by atoms with van der Waals surface area (Å²) >= 11 is 0. The second-order valence-corrected chi connectivity index (χ2v) is 4.03. The number of hydrogen-bond donors (Lipinski definition) is 2. The fraction of sp³-hybridized carbons (Fsp3) is 0.231. The van der Waals surface area contributed by atoms with Crippen molar-refractivity contribution in [2.24, 2.45) is 5.92 Å². The van der Waals surface area contributed by atoms with E-state index in [0.717, 1.165) is 18.5 Å². The molecule has 0 spiro atoms. The first kappa shape index (κ1) is 11.4. The van der Waals surface area contributed by atoms with Gasteiger partial charge in [-0.05, 0) is 43.2 Å². The van der Waals surface area contributed by atoms with Crippen LogP contribution < -0.4 is 10.6 Å². The van der Waals surface area contributed by atoms with Gasteiger partial charge in [0.25, 0.3) is 0 Å². The Hall–Kier alpha value is -2.10. The monoisotopic (exact) mass is 230 g/mol. The van der Waals surface area contributed by atoms with E-state index in [0.29, 0.717) is 5.69 Å². The zero-order chi connectivity index (χ0) is 12.3. The molecule has 0 saturated heterocycles.